The number of ether oxygens (including phenoxy) is 2. The van der Waals surface area contributed by atoms with Gasteiger partial charge in [0.25, 0.3) is 0 Å². The molecule has 0 spiro atoms. The highest BCUT2D eigenvalue weighted by molar-refractivity contribution is 6.06. The van der Waals surface area contributed by atoms with Crippen LogP contribution >= 0.6 is 0 Å². The van der Waals surface area contributed by atoms with Crippen LogP contribution in [0, 0.1) is 0 Å². The van der Waals surface area contributed by atoms with Crippen molar-refractivity contribution in [2.75, 3.05) is 14.2 Å². The van der Waals surface area contributed by atoms with Crippen molar-refractivity contribution in [1.29, 1.82) is 0 Å². The lowest BCUT2D eigenvalue weighted by Gasteiger charge is -2.10. The average Bonchev–Trinajstić information content (AvgIpc) is 2.70. The Morgan fingerprint density at radius 3 is 1.38 bits per heavy atom. The van der Waals surface area contributed by atoms with Crippen LogP contribution in [0.1, 0.15) is 31.8 Å². The van der Waals surface area contributed by atoms with Gasteiger partial charge in [-0.3, -0.25) is 4.79 Å². The molecule has 5 heteroatoms. The minimum absolute atomic E-state index is 0.255. The van der Waals surface area contributed by atoms with Crippen LogP contribution in [0.3, 0.4) is 0 Å². The number of esters is 2. The molecule has 0 aromatic heterocycles. The molecule has 0 atom stereocenters. The Labute approximate surface area is 151 Å². The van der Waals surface area contributed by atoms with Gasteiger partial charge in [0, 0.05) is 0 Å². The third kappa shape index (κ3) is 4.33. The molecule has 0 aliphatic rings. The van der Waals surface area contributed by atoms with Crippen molar-refractivity contribution in [3.8, 4) is 0 Å². The number of carbonyl (C=O) groups excluding carboxylic acids is 3. The topological polar surface area (TPSA) is 69.7 Å². The zero-order chi connectivity index (χ0) is 19.1. The van der Waals surface area contributed by atoms with Crippen LogP contribution in [0.2, 0.25) is 0 Å². The molecule has 2 aromatic rings. The first kappa shape index (κ1) is 18.9. The normalized spacial score (nSPS) is 9.77. The first-order valence-electron chi connectivity index (χ1n) is 7.75. The van der Waals surface area contributed by atoms with Crippen LogP contribution in [0.5, 0.6) is 0 Å². The maximum absolute atomic E-state index is 11.9. The first-order chi connectivity index (χ1) is 12.5. The average molecular weight is 350 g/mol. The summed E-state index contributed by atoms with van der Waals surface area (Å²) in [6, 6.07) is 13.4. The lowest BCUT2D eigenvalue weighted by atomic mass is 9.95. The second-order valence-corrected chi connectivity index (χ2v) is 5.30. The van der Waals surface area contributed by atoms with Gasteiger partial charge in [-0.1, -0.05) is 30.8 Å². The summed E-state index contributed by atoms with van der Waals surface area (Å²) >= 11 is 0. The van der Waals surface area contributed by atoms with E-state index < -0.39 is 11.9 Å². The van der Waals surface area contributed by atoms with Gasteiger partial charge in [0.1, 0.15) is 0 Å². The van der Waals surface area contributed by atoms with E-state index in [2.05, 4.69) is 16.1 Å². The molecule has 0 N–H and O–H groups in total. The van der Waals surface area contributed by atoms with Gasteiger partial charge in [0.2, 0.25) is 0 Å². The zero-order valence-electron chi connectivity index (χ0n) is 14.5. The fourth-order valence-electron chi connectivity index (χ4n) is 2.34. The van der Waals surface area contributed by atoms with Crippen molar-refractivity contribution in [1.82, 2.24) is 0 Å². The number of ketones is 1. The summed E-state index contributed by atoms with van der Waals surface area (Å²) in [7, 11) is 2.63. The molecule has 0 aliphatic heterocycles. The van der Waals surface area contributed by atoms with Crippen molar-refractivity contribution in [3.05, 3.63) is 89.5 Å². The van der Waals surface area contributed by atoms with Gasteiger partial charge in [-0.15, -0.1) is 0 Å². The predicted octanol–water partition coefficient (Wildman–Crippen LogP) is 3.45. The Bertz CT molecular complexity index is 797. The number of methoxy groups -OCH3 is 2. The maximum atomic E-state index is 11.9. The third-order valence-electron chi connectivity index (χ3n) is 3.72. The van der Waals surface area contributed by atoms with Crippen molar-refractivity contribution in [2.24, 2.45) is 0 Å². The molecule has 0 fully saturated rings. The van der Waals surface area contributed by atoms with Gasteiger partial charge in [-0.2, -0.15) is 0 Å². The lowest BCUT2D eigenvalue weighted by molar-refractivity contribution is -0.110. The maximum Gasteiger partial charge on any atom is 0.337 e. The van der Waals surface area contributed by atoms with E-state index in [9.17, 15) is 14.4 Å². The van der Waals surface area contributed by atoms with E-state index in [0.717, 1.165) is 11.1 Å². The molecule has 132 valence electrons. The molecule has 2 aromatic carbocycles. The van der Waals surface area contributed by atoms with Crippen LogP contribution in [0.25, 0.3) is 5.57 Å². The number of carbonyl (C=O) groups is 3. The summed E-state index contributed by atoms with van der Waals surface area (Å²) in [5.74, 6) is -1.13. The highest BCUT2D eigenvalue weighted by Gasteiger charge is 2.11. The molecule has 26 heavy (non-hydrogen) atoms. The minimum atomic E-state index is -0.438. The fourth-order valence-corrected chi connectivity index (χ4v) is 2.34. The summed E-state index contributed by atoms with van der Waals surface area (Å²) in [6.07, 6.45) is 2.67. The summed E-state index contributed by atoms with van der Waals surface area (Å²) in [5, 5.41) is 0. The quantitative estimate of drug-likeness (QED) is 0.589. The number of rotatable bonds is 6. The van der Waals surface area contributed by atoms with Gasteiger partial charge in [0.15, 0.2) is 5.78 Å². The molecule has 0 heterocycles. The molecule has 0 bridgehead atoms. The summed E-state index contributed by atoms with van der Waals surface area (Å²) in [6.45, 7) is 3.48. The molecular formula is C21H18O5. The van der Waals surface area contributed by atoms with E-state index >= 15 is 0 Å². The van der Waals surface area contributed by atoms with Crippen molar-refractivity contribution in [3.63, 3.8) is 0 Å². The predicted molar refractivity (Wildman–Crippen MR) is 97.8 cm³/mol. The Morgan fingerprint density at radius 1 is 0.731 bits per heavy atom. The van der Waals surface area contributed by atoms with Gasteiger partial charge >= 0.3 is 11.9 Å². The molecule has 0 aliphatic carbocycles. The van der Waals surface area contributed by atoms with Crippen LogP contribution in [0.15, 0.2) is 67.3 Å². The molecule has 0 saturated heterocycles. The van der Waals surface area contributed by atoms with Gasteiger partial charge in [-0.05, 0) is 53.1 Å². The Hall–Kier alpha value is -3.47. The molecule has 0 unspecified atom stereocenters. The van der Waals surface area contributed by atoms with Gasteiger partial charge < -0.3 is 9.47 Å². The second kappa shape index (κ2) is 8.58. The number of hydrogen-bond acceptors (Lipinski definition) is 5. The van der Waals surface area contributed by atoms with Crippen LogP contribution in [0.4, 0.5) is 0 Å². The highest BCUT2D eigenvalue weighted by atomic mass is 16.5. The summed E-state index contributed by atoms with van der Waals surface area (Å²) in [4.78, 5) is 35.0. The lowest BCUT2D eigenvalue weighted by Crippen LogP contribution is -2.02. The Kier molecular flexibility index (Phi) is 6.22. The van der Waals surface area contributed by atoms with Crippen molar-refractivity contribution >= 4 is 23.3 Å². The zero-order valence-corrected chi connectivity index (χ0v) is 14.5. The van der Waals surface area contributed by atoms with Gasteiger partial charge in [0.05, 0.1) is 25.3 Å². The van der Waals surface area contributed by atoms with Crippen LogP contribution < -0.4 is 0 Å². The molecule has 0 saturated carbocycles. The van der Waals surface area contributed by atoms with E-state index in [4.69, 9.17) is 0 Å². The number of benzene rings is 2. The number of allylic oxidation sites excluding steroid dienone is 2. The van der Waals surface area contributed by atoms with E-state index in [1.165, 1.54) is 26.4 Å². The SMILES string of the molecule is C=CC(=O)C=C(c1ccc(C(=O)OC)cc1)c1ccc(C(=O)OC)cc1. The van der Waals surface area contributed by atoms with E-state index in [0.29, 0.717) is 16.7 Å². The van der Waals surface area contributed by atoms with E-state index in [-0.39, 0.29) is 5.78 Å². The Morgan fingerprint density at radius 2 is 1.08 bits per heavy atom. The number of hydrogen-bond donors (Lipinski definition) is 0. The largest absolute Gasteiger partial charge is 0.465 e. The molecule has 0 amide bonds. The van der Waals surface area contributed by atoms with Crippen LogP contribution in [-0.2, 0) is 14.3 Å². The monoisotopic (exact) mass is 350 g/mol. The van der Waals surface area contributed by atoms with Crippen molar-refractivity contribution < 1.29 is 23.9 Å². The van der Waals surface area contributed by atoms with Crippen LogP contribution in [-0.4, -0.2) is 31.9 Å². The van der Waals surface area contributed by atoms with E-state index in [1.807, 2.05) is 0 Å². The van der Waals surface area contributed by atoms with Crippen molar-refractivity contribution in [2.45, 2.75) is 0 Å². The minimum Gasteiger partial charge on any atom is -0.465 e. The van der Waals surface area contributed by atoms with E-state index in [1.54, 1.807) is 48.5 Å². The summed E-state index contributed by atoms with van der Waals surface area (Å²) < 4.78 is 9.37. The molecule has 5 nitrogen and oxygen atoms in total. The van der Waals surface area contributed by atoms with Gasteiger partial charge in [-0.25, -0.2) is 9.59 Å². The smallest absolute Gasteiger partial charge is 0.337 e. The Balaban J connectivity index is 2.46. The molecular weight excluding hydrogens is 332 g/mol. The third-order valence-corrected chi connectivity index (χ3v) is 3.72. The highest BCUT2D eigenvalue weighted by Crippen LogP contribution is 2.25. The second-order valence-electron chi connectivity index (χ2n) is 5.30. The fraction of sp³-hybridized carbons (Fsp3) is 0.0952. The molecule has 2 rings (SSSR count). The molecule has 0 radical (unpaired) electrons. The first-order valence-corrected chi connectivity index (χ1v) is 7.75. The summed E-state index contributed by atoms with van der Waals surface area (Å²) in [5.41, 5.74) is 2.93. The standard InChI is InChI=1S/C21H18O5/c1-4-18(22)13-19(14-5-9-16(10-6-14)20(23)25-2)15-7-11-17(12-8-15)21(24)26-3/h4-13H,1H2,2-3H3.